The Balaban J connectivity index is 1.93. The number of hydrogen-bond acceptors (Lipinski definition) is 6. The summed E-state index contributed by atoms with van der Waals surface area (Å²) in [6, 6.07) is 14.9. The molecule has 0 amide bonds. The van der Waals surface area contributed by atoms with Crippen molar-refractivity contribution in [3.63, 3.8) is 0 Å². The monoisotopic (exact) mass is 476 g/mol. The Bertz CT molecular complexity index is 1430. The first-order chi connectivity index (χ1) is 16.3. The van der Waals surface area contributed by atoms with Crippen LogP contribution in [0.1, 0.15) is 50.4 Å². The van der Waals surface area contributed by atoms with E-state index in [-0.39, 0.29) is 18.3 Å². The molecule has 0 saturated heterocycles. The van der Waals surface area contributed by atoms with E-state index in [1.165, 1.54) is 11.3 Å². The molecule has 1 aliphatic rings. The van der Waals surface area contributed by atoms with Crippen LogP contribution in [-0.2, 0) is 9.53 Å². The Morgan fingerprint density at radius 3 is 2.53 bits per heavy atom. The van der Waals surface area contributed by atoms with E-state index < -0.39 is 12.0 Å². The number of ether oxygens (including phenoxy) is 2. The van der Waals surface area contributed by atoms with Crippen molar-refractivity contribution in [2.75, 3.05) is 6.61 Å². The van der Waals surface area contributed by atoms with Crippen molar-refractivity contribution in [1.29, 1.82) is 0 Å². The summed E-state index contributed by atoms with van der Waals surface area (Å²) < 4.78 is 13.4. The molecule has 0 unspecified atom stereocenters. The second-order valence-corrected chi connectivity index (χ2v) is 9.43. The van der Waals surface area contributed by atoms with Gasteiger partial charge in [-0.1, -0.05) is 59.4 Å². The van der Waals surface area contributed by atoms with Gasteiger partial charge in [0.1, 0.15) is 5.75 Å². The van der Waals surface area contributed by atoms with E-state index in [4.69, 9.17) is 9.47 Å². The van der Waals surface area contributed by atoms with Crippen LogP contribution in [0.25, 0.3) is 6.08 Å². The van der Waals surface area contributed by atoms with E-state index in [0.29, 0.717) is 26.4 Å². The summed E-state index contributed by atoms with van der Waals surface area (Å²) in [5, 5.41) is 0. The Labute approximate surface area is 202 Å². The first kappa shape index (κ1) is 23.7. The highest BCUT2D eigenvalue weighted by Gasteiger charge is 2.33. The number of nitrogens with zero attached hydrogens (tertiary/aromatic N) is 2. The van der Waals surface area contributed by atoms with Crippen LogP contribution >= 0.6 is 11.3 Å². The molecule has 3 aromatic rings. The Kier molecular flexibility index (Phi) is 6.84. The number of para-hydroxylation sites is 1. The number of aromatic nitrogens is 1. The van der Waals surface area contributed by atoms with Crippen LogP contribution in [0.3, 0.4) is 0 Å². The molecule has 0 radical (unpaired) electrons. The minimum atomic E-state index is -0.611. The molecule has 4 rings (SSSR count). The van der Waals surface area contributed by atoms with Crippen LogP contribution in [0.15, 0.2) is 69.6 Å². The highest BCUT2D eigenvalue weighted by atomic mass is 32.1. The number of hydrogen-bond donors (Lipinski definition) is 0. The number of fused-ring (bicyclic) bond motifs is 1. The Morgan fingerprint density at radius 1 is 1.15 bits per heavy atom. The normalized spacial score (nSPS) is 15.8. The highest BCUT2D eigenvalue weighted by molar-refractivity contribution is 7.07. The molecule has 0 N–H and O–H groups in total. The second-order valence-electron chi connectivity index (χ2n) is 8.42. The zero-order valence-electron chi connectivity index (χ0n) is 20.0. The minimum absolute atomic E-state index is 0.00657. The maximum absolute atomic E-state index is 13.7. The molecule has 1 atom stereocenters. The Morgan fingerprint density at radius 2 is 1.85 bits per heavy atom. The molecule has 0 aliphatic carbocycles. The van der Waals surface area contributed by atoms with Gasteiger partial charge in [-0.2, -0.15) is 0 Å². The number of thiazole rings is 1. The van der Waals surface area contributed by atoms with Gasteiger partial charge in [-0.3, -0.25) is 9.36 Å². The van der Waals surface area contributed by atoms with Crippen molar-refractivity contribution in [2.24, 2.45) is 4.99 Å². The molecule has 0 spiro atoms. The second kappa shape index (κ2) is 9.81. The third-order valence-corrected chi connectivity index (χ3v) is 6.46. The number of carbonyl (C=O) groups excluding carboxylic acids is 1. The molecule has 1 aromatic heterocycles. The maximum atomic E-state index is 13.7. The van der Waals surface area contributed by atoms with Crippen LogP contribution in [0, 0.1) is 6.92 Å². The summed E-state index contributed by atoms with van der Waals surface area (Å²) in [6.45, 7) is 9.72. The van der Waals surface area contributed by atoms with E-state index in [1.54, 1.807) is 18.4 Å². The average Bonchev–Trinajstić information content (AvgIpc) is 3.09. The molecule has 176 valence electrons. The molecule has 2 heterocycles. The SMILES string of the molecule is CCOC(=O)C1=C(C)N=c2s/c(=C\c3ccccc3OC(C)C)c(=O)n2[C@H]1c1ccc(C)cc1. The number of carbonyl (C=O) groups is 1. The van der Waals surface area contributed by atoms with E-state index in [0.717, 1.165) is 16.7 Å². The lowest BCUT2D eigenvalue weighted by molar-refractivity contribution is -0.139. The van der Waals surface area contributed by atoms with E-state index in [2.05, 4.69) is 4.99 Å². The van der Waals surface area contributed by atoms with Crippen molar-refractivity contribution in [2.45, 2.75) is 46.8 Å². The van der Waals surface area contributed by atoms with Gasteiger partial charge in [-0.05, 0) is 52.3 Å². The number of aryl methyl sites for hydroxylation is 1. The minimum Gasteiger partial charge on any atom is -0.490 e. The summed E-state index contributed by atoms with van der Waals surface area (Å²) in [5.74, 6) is 0.251. The molecule has 6 nitrogen and oxygen atoms in total. The fourth-order valence-corrected chi connectivity index (χ4v) is 5.00. The summed E-state index contributed by atoms with van der Waals surface area (Å²) >= 11 is 1.30. The first-order valence-electron chi connectivity index (χ1n) is 11.3. The van der Waals surface area contributed by atoms with Gasteiger partial charge < -0.3 is 9.47 Å². The van der Waals surface area contributed by atoms with Gasteiger partial charge >= 0.3 is 5.97 Å². The first-order valence-corrected chi connectivity index (χ1v) is 12.1. The average molecular weight is 477 g/mol. The van der Waals surface area contributed by atoms with Gasteiger partial charge in [-0.25, -0.2) is 9.79 Å². The number of esters is 1. The summed E-state index contributed by atoms with van der Waals surface area (Å²) in [7, 11) is 0. The fourth-order valence-electron chi connectivity index (χ4n) is 3.96. The smallest absolute Gasteiger partial charge is 0.338 e. The van der Waals surface area contributed by atoms with Gasteiger partial charge in [0.05, 0.1) is 34.6 Å². The van der Waals surface area contributed by atoms with Crippen LogP contribution in [0.5, 0.6) is 5.75 Å². The van der Waals surface area contributed by atoms with Crippen molar-refractivity contribution in [3.05, 3.63) is 96.2 Å². The third-order valence-electron chi connectivity index (χ3n) is 5.48. The molecule has 2 aromatic carbocycles. The standard InChI is InChI=1S/C27H28N2O4S/c1-6-32-26(31)23-18(5)28-27-29(24(23)19-13-11-17(4)12-14-19)25(30)22(34-27)15-20-9-7-8-10-21(20)33-16(2)3/h7-16,24H,6H2,1-5H3/b22-15-/t24-/m0/s1. The molecule has 7 heteroatoms. The van der Waals surface area contributed by atoms with Crippen LogP contribution in [0.2, 0.25) is 0 Å². The third kappa shape index (κ3) is 4.61. The summed E-state index contributed by atoms with van der Waals surface area (Å²) in [6.07, 6.45) is 1.84. The van der Waals surface area contributed by atoms with Crippen molar-refractivity contribution in [3.8, 4) is 5.75 Å². The van der Waals surface area contributed by atoms with Crippen LogP contribution in [0.4, 0.5) is 0 Å². The van der Waals surface area contributed by atoms with E-state index in [9.17, 15) is 9.59 Å². The highest BCUT2D eigenvalue weighted by Crippen LogP contribution is 2.31. The van der Waals surface area contributed by atoms with Gasteiger partial charge in [0, 0.05) is 5.56 Å². The van der Waals surface area contributed by atoms with Gasteiger partial charge in [-0.15, -0.1) is 0 Å². The quantitative estimate of drug-likeness (QED) is 0.506. The largest absolute Gasteiger partial charge is 0.490 e. The molecule has 0 bridgehead atoms. The number of allylic oxidation sites excluding steroid dienone is 1. The Hall–Kier alpha value is -3.45. The summed E-state index contributed by atoms with van der Waals surface area (Å²) in [4.78, 5) is 31.8. The fraction of sp³-hybridized carbons (Fsp3) is 0.296. The summed E-state index contributed by atoms with van der Waals surface area (Å²) in [5.41, 5.74) is 3.47. The van der Waals surface area contributed by atoms with Gasteiger partial charge in [0.15, 0.2) is 4.80 Å². The van der Waals surface area contributed by atoms with Gasteiger partial charge in [0.25, 0.3) is 5.56 Å². The van der Waals surface area contributed by atoms with E-state index >= 15 is 0 Å². The number of rotatable bonds is 6. The molecule has 34 heavy (non-hydrogen) atoms. The predicted molar refractivity (Wildman–Crippen MR) is 134 cm³/mol. The molecular weight excluding hydrogens is 448 g/mol. The lowest BCUT2D eigenvalue weighted by atomic mass is 9.95. The van der Waals surface area contributed by atoms with Crippen molar-refractivity contribution in [1.82, 2.24) is 4.57 Å². The zero-order chi connectivity index (χ0) is 24.4. The molecular formula is C27H28N2O4S. The van der Waals surface area contributed by atoms with Gasteiger partial charge in [0.2, 0.25) is 0 Å². The predicted octanol–water partition coefficient (Wildman–Crippen LogP) is 3.89. The lowest BCUT2D eigenvalue weighted by Gasteiger charge is -2.24. The van der Waals surface area contributed by atoms with Crippen LogP contribution < -0.4 is 19.6 Å². The molecule has 1 aliphatic heterocycles. The zero-order valence-corrected chi connectivity index (χ0v) is 20.8. The van der Waals surface area contributed by atoms with Crippen LogP contribution in [-0.4, -0.2) is 23.2 Å². The van der Waals surface area contributed by atoms with Crippen molar-refractivity contribution >= 4 is 23.4 Å². The maximum Gasteiger partial charge on any atom is 0.338 e. The number of benzene rings is 2. The van der Waals surface area contributed by atoms with E-state index in [1.807, 2.05) is 75.4 Å². The molecule has 0 fully saturated rings. The molecule has 0 saturated carbocycles. The topological polar surface area (TPSA) is 69.9 Å². The van der Waals surface area contributed by atoms with Crippen molar-refractivity contribution < 1.29 is 14.3 Å². The lowest BCUT2D eigenvalue weighted by Crippen LogP contribution is -2.39.